The van der Waals surface area contributed by atoms with E-state index in [4.69, 9.17) is 0 Å². The topological polar surface area (TPSA) is 75.3 Å². The number of fused-ring (bicyclic) bond motifs is 1. The lowest BCUT2D eigenvalue weighted by Gasteiger charge is -2.21. The summed E-state index contributed by atoms with van der Waals surface area (Å²) in [5, 5.41) is 3.07. The number of amides is 1. The van der Waals surface area contributed by atoms with Crippen LogP contribution in [0.15, 0.2) is 71.6 Å². The Morgan fingerprint density at radius 2 is 1.62 bits per heavy atom. The van der Waals surface area contributed by atoms with Crippen molar-refractivity contribution in [2.45, 2.75) is 50.5 Å². The molecule has 166 valence electrons. The molecule has 0 aromatic heterocycles. The normalized spacial score (nSPS) is 14.3. The highest BCUT2D eigenvalue weighted by Crippen LogP contribution is 2.26. The number of aryl methyl sites for hydroxylation is 2. The molecule has 3 aromatic rings. The number of carbonyl (C=O) groups is 1. The van der Waals surface area contributed by atoms with Gasteiger partial charge >= 0.3 is 0 Å². The quantitative estimate of drug-likeness (QED) is 0.547. The van der Waals surface area contributed by atoms with E-state index in [-0.39, 0.29) is 16.8 Å². The number of benzene rings is 3. The third-order valence-electron chi connectivity index (χ3n) is 6.10. The third-order valence-corrected chi connectivity index (χ3v) is 7.48. The number of anilines is 1. The fraction of sp³-hybridized carbons (Fsp3) is 0.269. The van der Waals surface area contributed by atoms with Gasteiger partial charge < -0.3 is 5.32 Å². The van der Waals surface area contributed by atoms with E-state index >= 15 is 0 Å². The van der Waals surface area contributed by atoms with Crippen molar-refractivity contribution in [2.24, 2.45) is 0 Å². The first-order valence-electron chi connectivity index (χ1n) is 11.0. The van der Waals surface area contributed by atoms with Crippen molar-refractivity contribution in [1.29, 1.82) is 0 Å². The van der Waals surface area contributed by atoms with Crippen molar-refractivity contribution < 1.29 is 13.2 Å². The highest BCUT2D eigenvalue weighted by atomic mass is 32.2. The number of rotatable bonds is 6. The molecular formula is C26H28N2O3S. The first kappa shape index (κ1) is 22.1. The smallest absolute Gasteiger partial charge is 0.261 e. The fourth-order valence-corrected chi connectivity index (χ4v) is 5.32. The van der Waals surface area contributed by atoms with Crippen molar-refractivity contribution >= 4 is 21.6 Å². The first-order valence-corrected chi connectivity index (χ1v) is 12.4. The molecule has 0 heterocycles. The highest BCUT2D eigenvalue weighted by molar-refractivity contribution is 7.92. The van der Waals surface area contributed by atoms with Gasteiger partial charge in [-0.25, -0.2) is 8.42 Å². The molecule has 0 saturated heterocycles. The van der Waals surface area contributed by atoms with Crippen LogP contribution in [0.1, 0.15) is 58.4 Å². The van der Waals surface area contributed by atoms with Gasteiger partial charge in [0.2, 0.25) is 0 Å². The van der Waals surface area contributed by atoms with Crippen LogP contribution in [-0.2, 0) is 22.9 Å². The molecule has 5 nitrogen and oxygen atoms in total. The molecule has 0 saturated carbocycles. The van der Waals surface area contributed by atoms with Crippen LogP contribution in [0.3, 0.4) is 0 Å². The van der Waals surface area contributed by atoms with Crippen LogP contribution in [0.25, 0.3) is 0 Å². The van der Waals surface area contributed by atoms with Crippen molar-refractivity contribution in [3.63, 3.8) is 0 Å². The summed E-state index contributed by atoms with van der Waals surface area (Å²) >= 11 is 0. The zero-order valence-corrected chi connectivity index (χ0v) is 19.2. The first-order chi connectivity index (χ1) is 15.3. The minimum absolute atomic E-state index is 0.154. The molecule has 6 heteroatoms. The number of sulfonamides is 1. The van der Waals surface area contributed by atoms with E-state index < -0.39 is 10.0 Å². The van der Waals surface area contributed by atoms with Gasteiger partial charge in [-0.2, -0.15) is 0 Å². The van der Waals surface area contributed by atoms with Crippen LogP contribution in [0.5, 0.6) is 0 Å². The number of hydrogen-bond acceptors (Lipinski definition) is 3. The Hall–Kier alpha value is -3.12. The molecule has 0 fully saturated rings. The molecule has 0 radical (unpaired) electrons. The molecule has 0 spiro atoms. The van der Waals surface area contributed by atoms with Crippen LogP contribution in [0.2, 0.25) is 0 Å². The standard InChI is InChI=1S/C26H28N2O3S/c1-18-24(13-8-14-25(18)28-32(30,31)23-11-4-3-5-12-23)26(29)27-19(2)21-16-15-20-9-6-7-10-22(20)17-21/h3-5,8,11-17,19,28H,6-7,9-10H2,1-2H3,(H,27,29)/t19-/m0/s1. The van der Waals surface area contributed by atoms with Crippen LogP contribution in [0, 0.1) is 6.92 Å². The molecule has 0 unspecified atom stereocenters. The molecule has 2 N–H and O–H groups in total. The summed E-state index contributed by atoms with van der Waals surface area (Å²) in [7, 11) is -3.73. The van der Waals surface area contributed by atoms with Crippen LogP contribution in [-0.4, -0.2) is 14.3 Å². The van der Waals surface area contributed by atoms with Gasteiger partial charge in [-0.3, -0.25) is 9.52 Å². The molecule has 1 aliphatic carbocycles. The van der Waals surface area contributed by atoms with Crippen molar-refractivity contribution in [2.75, 3.05) is 4.72 Å². The Morgan fingerprint density at radius 1 is 0.906 bits per heavy atom. The molecule has 1 aliphatic rings. The van der Waals surface area contributed by atoms with Gasteiger partial charge in [0, 0.05) is 5.56 Å². The van der Waals surface area contributed by atoms with E-state index in [0.717, 1.165) is 18.4 Å². The molecule has 1 amide bonds. The molecule has 3 aromatic carbocycles. The SMILES string of the molecule is Cc1c(NS(=O)(=O)c2ccccc2)cccc1C(=O)N[C@@H](C)c1ccc2c(c1)CCCC2. The summed E-state index contributed by atoms with van der Waals surface area (Å²) in [5.74, 6) is -0.228. The second-order valence-corrected chi connectivity index (χ2v) is 10.0. The summed E-state index contributed by atoms with van der Waals surface area (Å²) in [6.45, 7) is 3.72. The molecular weight excluding hydrogens is 420 g/mol. The van der Waals surface area contributed by atoms with E-state index in [1.54, 1.807) is 43.3 Å². The monoisotopic (exact) mass is 448 g/mol. The Morgan fingerprint density at radius 3 is 2.38 bits per heavy atom. The predicted octanol–water partition coefficient (Wildman–Crippen LogP) is 5.17. The second kappa shape index (κ2) is 9.17. The van der Waals surface area contributed by atoms with Crippen molar-refractivity contribution in [3.05, 3.63) is 94.5 Å². The van der Waals surface area contributed by atoms with Gasteiger partial charge in [-0.15, -0.1) is 0 Å². The van der Waals surface area contributed by atoms with Crippen molar-refractivity contribution in [1.82, 2.24) is 5.32 Å². The molecule has 0 aliphatic heterocycles. The zero-order valence-electron chi connectivity index (χ0n) is 18.4. The minimum Gasteiger partial charge on any atom is -0.346 e. The summed E-state index contributed by atoms with van der Waals surface area (Å²) in [6.07, 6.45) is 4.66. The van der Waals surface area contributed by atoms with Gasteiger partial charge in [0.25, 0.3) is 15.9 Å². The number of hydrogen-bond donors (Lipinski definition) is 2. The van der Waals surface area contributed by atoms with E-state index in [0.29, 0.717) is 16.8 Å². The Kier molecular flexibility index (Phi) is 6.33. The Labute approximate surface area is 189 Å². The Balaban J connectivity index is 1.52. The summed E-state index contributed by atoms with van der Waals surface area (Å²) in [5.41, 5.74) is 5.29. The Bertz CT molecular complexity index is 1240. The summed E-state index contributed by atoms with van der Waals surface area (Å²) < 4.78 is 28.0. The third kappa shape index (κ3) is 4.70. The zero-order chi connectivity index (χ0) is 22.7. The van der Waals surface area contributed by atoms with Gasteiger partial charge in [0.15, 0.2) is 0 Å². The predicted molar refractivity (Wildman–Crippen MR) is 127 cm³/mol. The lowest BCUT2D eigenvalue weighted by Crippen LogP contribution is -2.28. The van der Waals surface area contributed by atoms with Gasteiger partial charge in [0.1, 0.15) is 0 Å². The second-order valence-electron chi connectivity index (χ2n) is 8.33. The van der Waals surface area contributed by atoms with E-state index in [1.807, 2.05) is 6.92 Å². The van der Waals surface area contributed by atoms with E-state index in [9.17, 15) is 13.2 Å². The number of nitrogens with one attached hydrogen (secondary N) is 2. The summed E-state index contributed by atoms with van der Waals surface area (Å²) in [4.78, 5) is 13.2. The maximum Gasteiger partial charge on any atom is 0.261 e. The van der Waals surface area contributed by atoms with E-state index in [2.05, 4.69) is 28.2 Å². The maximum atomic E-state index is 13.0. The van der Waals surface area contributed by atoms with Crippen LogP contribution >= 0.6 is 0 Å². The maximum absolute atomic E-state index is 13.0. The van der Waals surface area contributed by atoms with E-state index in [1.165, 1.54) is 36.1 Å². The average Bonchev–Trinajstić information content (AvgIpc) is 2.80. The molecule has 0 bridgehead atoms. The lowest BCUT2D eigenvalue weighted by atomic mass is 9.89. The van der Waals surface area contributed by atoms with Gasteiger partial charge in [0.05, 0.1) is 16.6 Å². The highest BCUT2D eigenvalue weighted by Gasteiger charge is 2.19. The van der Waals surface area contributed by atoms with Crippen LogP contribution < -0.4 is 10.0 Å². The summed E-state index contributed by atoms with van der Waals surface area (Å²) in [6, 6.07) is 19.6. The molecule has 32 heavy (non-hydrogen) atoms. The molecule has 4 rings (SSSR count). The number of carbonyl (C=O) groups excluding carboxylic acids is 1. The van der Waals surface area contributed by atoms with Crippen LogP contribution in [0.4, 0.5) is 5.69 Å². The van der Waals surface area contributed by atoms with Gasteiger partial charge in [-0.05, 0) is 86.1 Å². The lowest BCUT2D eigenvalue weighted by molar-refractivity contribution is 0.0939. The minimum atomic E-state index is -3.73. The average molecular weight is 449 g/mol. The fourth-order valence-electron chi connectivity index (χ4n) is 4.18. The van der Waals surface area contributed by atoms with Crippen molar-refractivity contribution in [3.8, 4) is 0 Å². The van der Waals surface area contributed by atoms with Gasteiger partial charge in [-0.1, -0.05) is 42.5 Å². The largest absolute Gasteiger partial charge is 0.346 e. The molecule has 1 atom stereocenters.